The van der Waals surface area contributed by atoms with E-state index in [0.717, 1.165) is 27.7 Å². The van der Waals surface area contributed by atoms with Gasteiger partial charge in [0.25, 0.3) is 11.8 Å². The van der Waals surface area contributed by atoms with Crippen LogP contribution in [0.15, 0.2) is 53.9 Å². The fourth-order valence-electron chi connectivity index (χ4n) is 3.27. The van der Waals surface area contributed by atoms with Gasteiger partial charge in [-0.05, 0) is 53.8 Å². The number of anilines is 1. The zero-order chi connectivity index (χ0) is 22.0. The predicted molar refractivity (Wildman–Crippen MR) is 126 cm³/mol. The first-order valence-corrected chi connectivity index (χ1v) is 10.6. The van der Waals surface area contributed by atoms with Crippen LogP contribution in [-0.2, 0) is 0 Å². The van der Waals surface area contributed by atoms with Crippen molar-refractivity contribution in [3.63, 3.8) is 0 Å². The summed E-state index contributed by atoms with van der Waals surface area (Å²) in [6.07, 6.45) is 3.79. The molecule has 0 bridgehead atoms. The zero-order valence-electron chi connectivity index (χ0n) is 17.5. The quantitative estimate of drug-likeness (QED) is 0.465. The van der Waals surface area contributed by atoms with Gasteiger partial charge in [-0.15, -0.1) is 11.3 Å². The highest BCUT2D eigenvalue weighted by Crippen LogP contribution is 2.25. The highest BCUT2D eigenvalue weighted by molar-refractivity contribution is 7.12. The second kappa shape index (κ2) is 8.57. The number of aryl methyl sites for hydroxylation is 1. The van der Waals surface area contributed by atoms with Crippen molar-refractivity contribution in [3.05, 3.63) is 81.2 Å². The Morgan fingerprint density at radius 1 is 1.10 bits per heavy atom. The smallest absolute Gasteiger partial charge is 0.266 e. The molecule has 31 heavy (non-hydrogen) atoms. The van der Waals surface area contributed by atoms with Gasteiger partial charge in [0.15, 0.2) is 0 Å². The summed E-state index contributed by atoms with van der Waals surface area (Å²) in [6.45, 7) is 1.90. The summed E-state index contributed by atoms with van der Waals surface area (Å²) in [5.74, 6) is -0.321. The molecule has 0 aliphatic rings. The second-order valence-electron chi connectivity index (χ2n) is 7.38. The number of para-hydroxylation sites is 1. The molecule has 156 valence electrons. The van der Waals surface area contributed by atoms with Gasteiger partial charge in [0.1, 0.15) is 0 Å². The number of hydrogen-bond donors (Lipinski definition) is 2. The van der Waals surface area contributed by atoms with Crippen molar-refractivity contribution in [2.75, 3.05) is 19.4 Å². The molecule has 6 nitrogen and oxygen atoms in total. The fourth-order valence-corrected chi connectivity index (χ4v) is 4.09. The van der Waals surface area contributed by atoms with Crippen LogP contribution in [0.1, 0.15) is 36.9 Å². The average molecular weight is 431 g/mol. The van der Waals surface area contributed by atoms with Crippen molar-refractivity contribution in [2.45, 2.75) is 6.92 Å². The summed E-state index contributed by atoms with van der Waals surface area (Å²) in [5, 5.41) is 13.3. The molecule has 7 heteroatoms. The van der Waals surface area contributed by atoms with E-state index in [9.17, 15) is 9.59 Å². The van der Waals surface area contributed by atoms with E-state index in [1.807, 2.05) is 60.9 Å². The van der Waals surface area contributed by atoms with Crippen LogP contribution < -0.4 is 5.32 Å². The minimum absolute atomic E-state index is 0.128. The molecule has 0 spiro atoms. The SMILES string of the molecule is Cc1ccsc1C(=O)Nc1cc(C(=O)N(C)C)ccc1/C=C/c1n[nH]c2ccccc12. The number of hydrogen-bond acceptors (Lipinski definition) is 4. The van der Waals surface area contributed by atoms with Gasteiger partial charge in [-0.3, -0.25) is 14.7 Å². The third-order valence-corrected chi connectivity index (χ3v) is 5.96. The van der Waals surface area contributed by atoms with E-state index in [4.69, 9.17) is 0 Å². The Kier molecular flexibility index (Phi) is 5.68. The molecule has 2 heterocycles. The lowest BCUT2D eigenvalue weighted by Crippen LogP contribution is -2.22. The number of amides is 2. The van der Waals surface area contributed by atoms with Crippen molar-refractivity contribution in [1.82, 2.24) is 15.1 Å². The summed E-state index contributed by atoms with van der Waals surface area (Å²) in [7, 11) is 3.40. The van der Waals surface area contributed by atoms with Crippen LogP contribution in [0.2, 0.25) is 0 Å². The van der Waals surface area contributed by atoms with Crippen LogP contribution >= 0.6 is 11.3 Å². The highest BCUT2D eigenvalue weighted by Gasteiger charge is 2.15. The van der Waals surface area contributed by atoms with Gasteiger partial charge < -0.3 is 10.2 Å². The molecule has 0 atom stereocenters. The molecule has 2 amide bonds. The van der Waals surface area contributed by atoms with Crippen LogP contribution in [0.25, 0.3) is 23.1 Å². The molecular formula is C24H22N4O2S. The number of fused-ring (bicyclic) bond motifs is 1. The summed E-state index contributed by atoms with van der Waals surface area (Å²) in [4.78, 5) is 27.4. The first kappa shape index (κ1) is 20.6. The van der Waals surface area contributed by atoms with Crippen LogP contribution in [0.5, 0.6) is 0 Å². The number of carbonyl (C=O) groups excluding carboxylic acids is 2. The van der Waals surface area contributed by atoms with Crippen LogP contribution in [0, 0.1) is 6.92 Å². The Balaban J connectivity index is 1.71. The Morgan fingerprint density at radius 3 is 2.65 bits per heavy atom. The minimum atomic E-state index is -0.193. The second-order valence-corrected chi connectivity index (χ2v) is 8.29. The maximum atomic E-state index is 12.8. The Hall–Kier alpha value is -3.71. The summed E-state index contributed by atoms with van der Waals surface area (Å²) in [6, 6.07) is 15.1. The molecule has 0 unspecified atom stereocenters. The van der Waals surface area contributed by atoms with Crippen molar-refractivity contribution >= 4 is 51.9 Å². The third-order valence-electron chi connectivity index (χ3n) is 4.94. The third kappa shape index (κ3) is 4.27. The monoisotopic (exact) mass is 430 g/mol. The van der Waals surface area contributed by atoms with Crippen molar-refractivity contribution in [3.8, 4) is 0 Å². The molecule has 0 radical (unpaired) electrons. The van der Waals surface area contributed by atoms with Crippen LogP contribution in [-0.4, -0.2) is 41.0 Å². The fraction of sp³-hybridized carbons (Fsp3) is 0.125. The van der Waals surface area contributed by atoms with E-state index >= 15 is 0 Å². The number of carbonyl (C=O) groups is 2. The van der Waals surface area contributed by atoms with Gasteiger partial charge >= 0.3 is 0 Å². The standard InChI is InChI=1S/C24H22N4O2S/c1-15-12-13-31-22(15)23(29)25-21-14-17(24(30)28(2)3)9-8-16(21)10-11-20-18-6-4-5-7-19(18)26-27-20/h4-14H,1-3H3,(H,25,29)(H,26,27)/b11-10+. The number of aromatic amines is 1. The van der Waals surface area contributed by atoms with Crippen LogP contribution in [0.4, 0.5) is 5.69 Å². The van der Waals surface area contributed by atoms with Gasteiger partial charge in [-0.25, -0.2) is 0 Å². The van der Waals surface area contributed by atoms with E-state index in [-0.39, 0.29) is 11.8 Å². The van der Waals surface area contributed by atoms with Crippen molar-refractivity contribution in [1.29, 1.82) is 0 Å². The van der Waals surface area contributed by atoms with Gasteiger partial charge in [-0.1, -0.05) is 30.3 Å². The zero-order valence-corrected chi connectivity index (χ0v) is 18.3. The Morgan fingerprint density at radius 2 is 1.90 bits per heavy atom. The molecule has 0 fully saturated rings. The largest absolute Gasteiger partial charge is 0.345 e. The van der Waals surface area contributed by atoms with E-state index in [1.165, 1.54) is 16.2 Å². The molecule has 0 aliphatic carbocycles. The average Bonchev–Trinajstić information content (AvgIpc) is 3.38. The Labute approximate surface area is 184 Å². The number of nitrogens with one attached hydrogen (secondary N) is 2. The molecule has 0 saturated heterocycles. The lowest BCUT2D eigenvalue weighted by molar-refractivity contribution is 0.0827. The van der Waals surface area contributed by atoms with Gasteiger partial charge in [0.2, 0.25) is 0 Å². The van der Waals surface area contributed by atoms with Crippen LogP contribution in [0.3, 0.4) is 0 Å². The van der Waals surface area contributed by atoms with Gasteiger partial charge in [0.05, 0.1) is 16.1 Å². The van der Waals surface area contributed by atoms with Crippen molar-refractivity contribution in [2.24, 2.45) is 0 Å². The van der Waals surface area contributed by atoms with E-state index in [1.54, 1.807) is 26.2 Å². The molecular weight excluding hydrogens is 408 g/mol. The van der Waals surface area contributed by atoms with Gasteiger partial charge in [-0.2, -0.15) is 5.10 Å². The maximum absolute atomic E-state index is 12.8. The summed E-state index contributed by atoms with van der Waals surface area (Å²) < 4.78 is 0. The minimum Gasteiger partial charge on any atom is -0.345 e. The first-order chi connectivity index (χ1) is 14.9. The van der Waals surface area contributed by atoms with Gasteiger partial charge in [0, 0.05) is 30.7 Å². The lowest BCUT2D eigenvalue weighted by atomic mass is 10.1. The Bertz CT molecular complexity index is 1300. The summed E-state index contributed by atoms with van der Waals surface area (Å²) >= 11 is 1.39. The van der Waals surface area contributed by atoms with E-state index < -0.39 is 0 Å². The molecule has 0 saturated carbocycles. The van der Waals surface area contributed by atoms with E-state index in [0.29, 0.717) is 16.1 Å². The topological polar surface area (TPSA) is 78.1 Å². The predicted octanol–water partition coefficient (Wildman–Crippen LogP) is 5.06. The molecule has 2 aromatic heterocycles. The number of aromatic nitrogens is 2. The molecule has 4 rings (SSSR count). The molecule has 2 aromatic carbocycles. The highest BCUT2D eigenvalue weighted by atomic mass is 32.1. The number of thiophene rings is 1. The number of H-pyrrole nitrogens is 1. The number of nitrogens with zero attached hydrogens (tertiary/aromatic N) is 2. The molecule has 4 aromatic rings. The summed E-state index contributed by atoms with van der Waals surface area (Å²) in [5.41, 5.74) is 4.53. The number of benzene rings is 2. The lowest BCUT2D eigenvalue weighted by Gasteiger charge is -2.14. The first-order valence-electron chi connectivity index (χ1n) is 9.76. The molecule has 0 aliphatic heterocycles. The maximum Gasteiger partial charge on any atom is 0.266 e. The normalized spacial score (nSPS) is 11.2. The van der Waals surface area contributed by atoms with E-state index in [2.05, 4.69) is 15.5 Å². The van der Waals surface area contributed by atoms with Crippen molar-refractivity contribution < 1.29 is 9.59 Å². The molecule has 2 N–H and O–H groups in total. The number of rotatable bonds is 5.